The number of carbonyl (C=O) groups is 2. The van der Waals surface area contributed by atoms with Gasteiger partial charge in [-0.25, -0.2) is 13.6 Å². The van der Waals surface area contributed by atoms with Crippen molar-refractivity contribution < 1.29 is 23.5 Å². The number of rotatable bonds is 3. The lowest BCUT2D eigenvalue weighted by molar-refractivity contribution is -0.124. The Bertz CT molecular complexity index is 562. The number of amides is 1. The summed E-state index contributed by atoms with van der Waals surface area (Å²) in [5.41, 5.74) is 0.986. The van der Waals surface area contributed by atoms with E-state index >= 15 is 0 Å². The van der Waals surface area contributed by atoms with Crippen molar-refractivity contribution in [1.29, 1.82) is 0 Å². The van der Waals surface area contributed by atoms with Gasteiger partial charge in [-0.2, -0.15) is 0 Å². The molecule has 1 aromatic rings. The van der Waals surface area contributed by atoms with Gasteiger partial charge in [0.25, 0.3) is 0 Å². The molecule has 0 aromatic heterocycles. The van der Waals surface area contributed by atoms with Gasteiger partial charge >= 0.3 is 5.97 Å². The van der Waals surface area contributed by atoms with Crippen LogP contribution in [0.4, 0.5) is 14.5 Å². The summed E-state index contributed by atoms with van der Waals surface area (Å²) in [4.78, 5) is 23.1. The number of carboxylic acid groups (broad SMARTS) is 1. The van der Waals surface area contributed by atoms with E-state index in [9.17, 15) is 18.4 Å². The summed E-state index contributed by atoms with van der Waals surface area (Å²) < 4.78 is 26.2. The third-order valence-corrected chi connectivity index (χ3v) is 3.91. The van der Waals surface area contributed by atoms with Gasteiger partial charge < -0.3 is 10.4 Å². The van der Waals surface area contributed by atoms with E-state index in [1.807, 2.05) is 0 Å². The quantitative estimate of drug-likeness (QED) is 0.898. The monoisotopic (exact) mass is 297 g/mol. The molecule has 1 aliphatic rings. The van der Waals surface area contributed by atoms with Crippen molar-refractivity contribution in [3.8, 4) is 0 Å². The second-order valence-corrected chi connectivity index (χ2v) is 5.40. The molecule has 1 amide bonds. The summed E-state index contributed by atoms with van der Waals surface area (Å²) in [6, 6.07) is 4.60. The SMILES string of the molecule is Cc1c(NC(=O)C2CCC(F)(F)CC2)cccc1C(=O)O. The van der Waals surface area contributed by atoms with Gasteiger partial charge in [0, 0.05) is 24.4 Å². The first-order chi connectivity index (χ1) is 9.80. The Morgan fingerprint density at radius 2 is 1.90 bits per heavy atom. The lowest BCUT2D eigenvalue weighted by Gasteiger charge is -2.27. The fraction of sp³-hybridized carbons (Fsp3) is 0.467. The van der Waals surface area contributed by atoms with E-state index in [0.29, 0.717) is 11.3 Å². The van der Waals surface area contributed by atoms with Crippen LogP contribution in [-0.2, 0) is 4.79 Å². The Morgan fingerprint density at radius 1 is 1.29 bits per heavy atom. The standard InChI is InChI=1S/C15H17F2NO3/c1-9-11(14(20)21)3-2-4-12(9)18-13(19)10-5-7-15(16,17)8-6-10/h2-4,10H,5-8H2,1H3,(H,18,19)(H,20,21). The third-order valence-electron chi connectivity index (χ3n) is 3.91. The van der Waals surface area contributed by atoms with Crippen molar-refractivity contribution in [1.82, 2.24) is 0 Å². The van der Waals surface area contributed by atoms with Crippen molar-refractivity contribution in [2.75, 3.05) is 5.32 Å². The highest BCUT2D eigenvalue weighted by molar-refractivity contribution is 5.96. The van der Waals surface area contributed by atoms with Gasteiger partial charge in [0.15, 0.2) is 0 Å². The van der Waals surface area contributed by atoms with Crippen LogP contribution in [0.1, 0.15) is 41.6 Å². The van der Waals surface area contributed by atoms with Crippen molar-refractivity contribution in [3.05, 3.63) is 29.3 Å². The van der Waals surface area contributed by atoms with E-state index < -0.39 is 17.8 Å². The lowest BCUT2D eigenvalue weighted by Crippen LogP contribution is -2.32. The van der Waals surface area contributed by atoms with Crippen LogP contribution in [0.5, 0.6) is 0 Å². The van der Waals surface area contributed by atoms with Gasteiger partial charge in [0.05, 0.1) is 5.56 Å². The minimum atomic E-state index is -2.67. The highest BCUT2D eigenvalue weighted by atomic mass is 19.3. The lowest BCUT2D eigenvalue weighted by atomic mass is 9.86. The van der Waals surface area contributed by atoms with Gasteiger partial charge in [-0.05, 0) is 37.5 Å². The second-order valence-electron chi connectivity index (χ2n) is 5.40. The number of carbonyl (C=O) groups excluding carboxylic acids is 1. The molecule has 0 saturated heterocycles. The molecule has 1 aromatic carbocycles. The number of hydrogen-bond donors (Lipinski definition) is 2. The maximum absolute atomic E-state index is 13.1. The molecule has 4 nitrogen and oxygen atoms in total. The molecule has 1 saturated carbocycles. The molecule has 0 radical (unpaired) electrons. The predicted molar refractivity (Wildman–Crippen MR) is 73.7 cm³/mol. The Labute approximate surface area is 121 Å². The molecule has 6 heteroatoms. The summed E-state index contributed by atoms with van der Waals surface area (Å²) in [7, 11) is 0. The van der Waals surface area contributed by atoms with E-state index in [1.165, 1.54) is 6.07 Å². The zero-order valence-electron chi connectivity index (χ0n) is 11.7. The van der Waals surface area contributed by atoms with E-state index in [0.717, 1.165) is 0 Å². The molecular formula is C15H17F2NO3. The molecule has 0 unspecified atom stereocenters. The van der Waals surface area contributed by atoms with Crippen LogP contribution in [0, 0.1) is 12.8 Å². The van der Waals surface area contributed by atoms with Gasteiger partial charge in [0.1, 0.15) is 0 Å². The number of hydrogen-bond acceptors (Lipinski definition) is 2. The smallest absolute Gasteiger partial charge is 0.336 e. The average molecular weight is 297 g/mol. The maximum atomic E-state index is 13.1. The maximum Gasteiger partial charge on any atom is 0.336 e. The first-order valence-electron chi connectivity index (χ1n) is 6.82. The topological polar surface area (TPSA) is 66.4 Å². The van der Waals surface area contributed by atoms with E-state index in [2.05, 4.69) is 5.32 Å². The van der Waals surface area contributed by atoms with Crippen molar-refractivity contribution in [2.45, 2.75) is 38.5 Å². The number of alkyl halides is 2. The van der Waals surface area contributed by atoms with Crippen LogP contribution in [-0.4, -0.2) is 22.9 Å². The first kappa shape index (κ1) is 15.4. The third kappa shape index (κ3) is 3.56. The Hall–Kier alpha value is -1.98. The summed E-state index contributed by atoms with van der Waals surface area (Å²) >= 11 is 0. The fourth-order valence-electron chi connectivity index (χ4n) is 2.54. The summed E-state index contributed by atoms with van der Waals surface area (Å²) in [5, 5.41) is 11.7. The predicted octanol–water partition coefficient (Wildman–Crippen LogP) is 3.46. The summed E-state index contributed by atoms with van der Waals surface area (Å²) in [6.07, 6.45) is -0.258. The van der Waals surface area contributed by atoms with E-state index in [1.54, 1.807) is 19.1 Å². The number of anilines is 1. The molecule has 0 spiro atoms. The molecule has 2 N–H and O–H groups in total. The average Bonchev–Trinajstić information content (AvgIpc) is 2.40. The van der Waals surface area contributed by atoms with Gasteiger partial charge in [-0.15, -0.1) is 0 Å². The van der Waals surface area contributed by atoms with Crippen LogP contribution >= 0.6 is 0 Å². The zero-order valence-corrected chi connectivity index (χ0v) is 11.7. The van der Waals surface area contributed by atoms with Gasteiger partial charge in [-0.3, -0.25) is 4.79 Å². The van der Waals surface area contributed by atoms with Crippen molar-refractivity contribution in [2.24, 2.45) is 5.92 Å². The Morgan fingerprint density at radius 3 is 2.48 bits per heavy atom. The fourth-order valence-corrected chi connectivity index (χ4v) is 2.54. The normalized spacial score (nSPS) is 18.2. The molecule has 21 heavy (non-hydrogen) atoms. The molecule has 1 fully saturated rings. The Kier molecular flexibility index (Phi) is 4.25. The molecule has 1 aliphatic carbocycles. The van der Waals surface area contributed by atoms with Crippen LogP contribution in [0.3, 0.4) is 0 Å². The number of aromatic carboxylic acids is 1. The molecular weight excluding hydrogens is 280 g/mol. The Balaban J connectivity index is 2.07. The number of halogens is 2. The minimum absolute atomic E-state index is 0.114. The van der Waals surface area contributed by atoms with Crippen LogP contribution < -0.4 is 5.32 Å². The number of benzene rings is 1. The molecule has 0 atom stereocenters. The summed E-state index contributed by atoms with van der Waals surface area (Å²) in [6.45, 7) is 1.61. The molecule has 114 valence electrons. The second kappa shape index (κ2) is 5.79. The number of carboxylic acids is 1. The minimum Gasteiger partial charge on any atom is -0.478 e. The largest absolute Gasteiger partial charge is 0.478 e. The van der Waals surface area contributed by atoms with Crippen LogP contribution in [0.25, 0.3) is 0 Å². The van der Waals surface area contributed by atoms with Crippen molar-refractivity contribution in [3.63, 3.8) is 0 Å². The summed E-state index contributed by atoms with van der Waals surface area (Å²) in [5.74, 6) is -4.51. The molecule has 2 rings (SSSR count). The van der Waals surface area contributed by atoms with Crippen LogP contribution in [0.2, 0.25) is 0 Å². The highest BCUT2D eigenvalue weighted by Gasteiger charge is 2.37. The van der Waals surface area contributed by atoms with Crippen molar-refractivity contribution >= 4 is 17.6 Å². The molecule has 0 bridgehead atoms. The first-order valence-corrected chi connectivity index (χ1v) is 6.82. The van der Waals surface area contributed by atoms with Gasteiger partial charge in [-0.1, -0.05) is 6.07 Å². The molecule has 0 heterocycles. The molecule has 0 aliphatic heterocycles. The van der Waals surface area contributed by atoms with Gasteiger partial charge in [0.2, 0.25) is 11.8 Å². The zero-order chi connectivity index (χ0) is 15.6. The number of nitrogens with one attached hydrogen (secondary N) is 1. The van der Waals surface area contributed by atoms with Crippen LogP contribution in [0.15, 0.2) is 18.2 Å². The van der Waals surface area contributed by atoms with E-state index in [4.69, 9.17) is 5.11 Å². The highest BCUT2D eigenvalue weighted by Crippen LogP contribution is 2.36. The van der Waals surface area contributed by atoms with E-state index in [-0.39, 0.29) is 37.2 Å².